The van der Waals surface area contributed by atoms with Crippen LogP contribution in [0.25, 0.3) is 0 Å². The van der Waals surface area contributed by atoms with Gasteiger partial charge in [-0.15, -0.1) is 0 Å². The molecule has 3 aromatic rings. The average molecular weight is 497 g/mol. The van der Waals surface area contributed by atoms with E-state index in [4.69, 9.17) is 27.9 Å². The van der Waals surface area contributed by atoms with Crippen molar-refractivity contribution in [2.24, 2.45) is 0 Å². The Labute approximate surface area is 195 Å². The fraction of sp³-hybridized carbons (Fsp3) is 0.136. The van der Waals surface area contributed by atoms with Crippen molar-refractivity contribution in [1.29, 1.82) is 0 Å². The van der Waals surface area contributed by atoms with Crippen LogP contribution in [0.4, 0.5) is 10.1 Å². The smallest absolute Gasteiger partial charge is 0.245 e. The highest BCUT2D eigenvalue weighted by Crippen LogP contribution is 2.30. The van der Waals surface area contributed by atoms with E-state index in [1.54, 1.807) is 42.5 Å². The van der Waals surface area contributed by atoms with Crippen molar-refractivity contribution in [3.05, 3.63) is 88.2 Å². The lowest BCUT2D eigenvalue weighted by Gasteiger charge is -2.20. The Kier molecular flexibility index (Phi) is 7.73. The molecular formula is C22H19Cl2FN2O4S. The zero-order chi connectivity index (χ0) is 23.3. The van der Waals surface area contributed by atoms with E-state index in [0.717, 1.165) is 12.1 Å². The first-order chi connectivity index (χ1) is 15.2. The van der Waals surface area contributed by atoms with Crippen LogP contribution < -0.4 is 14.8 Å². The van der Waals surface area contributed by atoms with Gasteiger partial charge in [0.15, 0.2) is 0 Å². The third-order valence-electron chi connectivity index (χ3n) is 4.52. The fourth-order valence-corrected chi connectivity index (χ4v) is 4.69. The topological polar surface area (TPSA) is 84.5 Å². The van der Waals surface area contributed by atoms with E-state index in [9.17, 15) is 17.6 Å². The Morgan fingerprint density at radius 1 is 1.06 bits per heavy atom. The predicted molar refractivity (Wildman–Crippen MR) is 122 cm³/mol. The normalized spacial score (nSPS) is 12.2. The molecular weight excluding hydrogens is 478 g/mol. The van der Waals surface area contributed by atoms with E-state index >= 15 is 0 Å². The Balaban J connectivity index is 1.95. The zero-order valence-electron chi connectivity index (χ0n) is 16.8. The summed E-state index contributed by atoms with van der Waals surface area (Å²) in [5, 5.41) is 2.95. The van der Waals surface area contributed by atoms with Gasteiger partial charge in [0, 0.05) is 0 Å². The minimum Gasteiger partial charge on any atom is -0.495 e. The molecule has 3 rings (SSSR count). The molecule has 0 aliphatic heterocycles. The summed E-state index contributed by atoms with van der Waals surface area (Å²) in [6.45, 7) is 0. The molecule has 3 aromatic carbocycles. The molecule has 0 aliphatic rings. The highest BCUT2D eigenvalue weighted by atomic mass is 35.5. The van der Waals surface area contributed by atoms with Gasteiger partial charge in [-0.1, -0.05) is 59.6 Å². The summed E-state index contributed by atoms with van der Waals surface area (Å²) in [4.78, 5) is 12.6. The summed E-state index contributed by atoms with van der Waals surface area (Å²) in [5.41, 5.74) is 0.934. The number of halogens is 3. The summed E-state index contributed by atoms with van der Waals surface area (Å²) in [6, 6.07) is 15.4. The Bertz CT molecular complexity index is 1220. The molecule has 0 heterocycles. The number of carbonyl (C=O) groups excluding carboxylic acids is 1. The lowest BCUT2D eigenvalue weighted by atomic mass is 10.1. The molecule has 0 fully saturated rings. The van der Waals surface area contributed by atoms with Crippen molar-refractivity contribution in [3.63, 3.8) is 0 Å². The Morgan fingerprint density at radius 3 is 2.47 bits per heavy atom. The van der Waals surface area contributed by atoms with Gasteiger partial charge in [-0.05, 0) is 42.3 Å². The van der Waals surface area contributed by atoms with E-state index in [2.05, 4.69) is 10.0 Å². The highest BCUT2D eigenvalue weighted by molar-refractivity contribution is 7.89. The van der Waals surface area contributed by atoms with Gasteiger partial charge in [-0.2, -0.15) is 4.72 Å². The van der Waals surface area contributed by atoms with Crippen LogP contribution in [0.15, 0.2) is 71.6 Å². The first kappa shape index (κ1) is 24.0. The van der Waals surface area contributed by atoms with Gasteiger partial charge < -0.3 is 10.1 Å². The molecule has 6 nitrogen and oxygen atoms in total. The molecule has 10 heteroatoms. The molecule has 0 aliphatic carbocycles. The number of rotatable bonds is 8. The second-order valence-electron chi connectivity index (χ2n) is 6.75. The van der Waals surface area contributed by atoms with Gasteiger partial charge >= 0.3 is 0 Å². The molecule has 2 N–H and O–H groups in total. The van der Waals surface area contributed by atoms with Crippen LogP contribution in [0.5, 0.6) is 5.75 Å². The van der Waals surface area contributed by atoms with E-state index < -0.39 is 32.7 Å². The molecule has 1 unspecified atom stereocenters. The third-order valence-corrected chi connectivity index (χ3v) is 6.83. The van der Waals surface area contributed by atoms with Crippen molar-refractivity contribution >= 4 is 44.8 Å². The first-order valence-electron chi connectivity index (χ1n) is 9.36. The molecule has 1 atom stereocenters. The first-order valence-corrected chi connectivity index (χ1v) is 11.6. The van der Waals surface area contributed by atoms with Crippen LogP contribution in [0.3, 0.4) is 0 Å². The molecule has 0 bridgehead atoms. The Morgan fingerprint density at radius 2 is 1.78 bits per heavy atom. The maximum atomic E-state index is 13.8. The SMILES string of the molecule is COc1ccc(F)cc1S(=O)(=O)NC(Cc1ccccc1)C(=O)Nc1cccc(Cl)c1Cl. The van der Waals surface area contributed by atoms with Crippen molar-refractivity contribution in [2.75, 3.05) is 12.4 Å². The van der Waals surface area contributed by atoms with Gasteiger partial charge in [-0.3, -0.25) is 4.79 Å². The van der Waals surface area contributed by atoms with Gasteiger partial charge in [0.2, 0.25) is 15.9 Å². The molecule has 32 heavy (non-hydrogen) atoms. The second-order valence-corrected chi connectivity index (χ2v) is 9.22. The minimum absolute atomic E-state index is 0.0295. The summed E-state index contributed by atoms with van der Waals surface area (Å²) < 4.78 is 47.3. The van der Waals surface area contributed by atoms with Crippen molar-refractivity contribution in [2.45, 2.75) is 17.4 Å². The number of anilines is 1. The van der Waals surface area contributed by atoms with Crippen LogP contribution in [0, 0.1) is 5.82 Å². The highest BCUT2D eigenvalue weighted by Gasteiger charge is 2.29. The van der Waals surface area contributed by atoms with E-state index in [1.165, 1.54) is 19.2 Å². The number of benzene rings is 3. The van der Waals surface area contributed by atoms with Crippen LogP contribution in [-0.4, -0.2) is 27.5 Å². The van der Waals surface area contributed by atoms with Crippen LogP contribution in [0.1, 0.15) is 5.56 Å². The summed E-state index contributed by atoms with van der Waals surface area (Å²) >= 11 is 12.1. The number of amides is 1. The molecule has 0 radical (unpaired) electrons. The lowest BCUT2D eigenvalue weighted by Crippen LogP contribution is -2.45. The number of nitrogens with one attached hydrogen (secondary N) is 2. The number of hydrogen-bond acceptors (Lipinski definition) is 4. The van der Waals surface area contributed by atoms with Crippen LogP contribution >= 0.6 is 23.2 Å². The summed E-state index contributed by atoms with van der Waals surface area (Å²) in [6.07, 6.45) is 0.0295. The number of methoxy groups -OCH3 is 1. The minimum atomic E-state index is -4.34. The molecule has 0 saturated carbocycles. The van der Waals surface area contributed by atoms with Gasteiger partial charge in [0.05, 0.1) is 22.8 Å². The van der Waals surface area contributed by atoms with E-state index in [1.807, 2.05) is 0 Å². The van der Waals surface area contributed by atoms with Crippen LogP contribution in [0.2, 0.25) is 10.0 Å². The quantitative estimate of drug-likeness (QED) is 0.474. The largest absolute Gasteiger partial charge is 0.495 e. The third kappa shape index (κ3) is 5.77. The van der Waals surface area contributed by atoms with Gasteiger partial charge in [0.1, 0.15) is 22.5 Å². The molecule has 0 spiro atoms. The number of sulfonamides is 1. The van der Waals surface area contributed by atoms with Gasteiger partial charge in [-0.25, -0.2) is 12.8 Å². The van der Waals surface area contributed by atoms with Crippen LogP contribution in [-0.2, 0) is 21.2 Å². The lowest BCUT2D eigenvalue weighted by molar-refractivity contribution is -0.117. The van der Waals surface area contributed by atoms with Gasteiger partial charge in [0.25, 0.3) is 0 Å². The standard InChI is InChI=1S/C22H19Cl2FN2O4S/c1-31-19-11-10-15(25)13-20(19)32(29,30)27-18(12-14-6-3-2-4-7-14)22(28)26-17-9-5-8-16(23)21(17)24/h2-11,13,18,27H,12H2,1H3,(H,26,28). The number of ether oxygens (including phenoxy) is 1. The fourth-order valence-electron chi connectivity index (χ4n) is 2.97. The zero-order valence-corrected chi connectivity index (χ0v) is 19.1. The summed E-state index contributed by atoms with van der Waals surface area (Å²) in [7, 11) is -3.07. The number of hydrogen-bond donors (Lipinski definition) is 2. The molecule has 0 saturated heterocycles. The maximum Gasteiger partial charge on any atom is 0.245 e. The maximum absolute atomic E-state index is 13.8. The second kappa shape index (κ2) is 10.3. The Hall–Kier alpha value is -2.65. The average Bonchev–Trinajstić information content (AvgIpc) is 2.77. The predicted octanol–water partition coefficient (Wildman–Crippen LogP) is 4.67. The van der Waals surface area contributed by atoms with Crippen molar-refractivity contribution < 1.29 is 22.3 Å². The van der Waals surface area contributed by atoms with Crippen molar-refractivity contribution in [3.8, 4) is 5.75 Å². The number of carbonyl (C=O) groups is 1. The molecule has 1 amide bonds. The molecule has 0 aromatic heterocycles. The van der Waals surface area contributed by atoms with E-state index in [-0.39, 0.29) is 27.9 Å². The van der Waals surface area contributed by atoms with Crippen molar-refractivity contribution in [1.82, 2.24) is 4.72 Å². The van der Waals surface area contributed by atoms with E-state index in [0.29, 0.717) is 5.56 Å². The monoisotopic (exact) mass is 496 g/mol. The molecule has 168 valence electrons. The summed E-state index contributed by atoms with van der Waals surface area (Å²) in [5.74, 6) is -1.49.